The highest BCUT2D eigenvalue weighted by Crippen LogP contribution is 2.22. The second-order valence-electron chi connectivity index (χ2n) is 6.23. The van der Waals surface area contributed by atoms with Gasteiger partial charge in [0.2, 0.25) is 0 Å². The van der Waals surface area contributed by atoms with E-state index in [9.17, 15) is 0 Å². The van der Waals surface area contributed by atoms with E-state index in [1.165, 1.54) is 24.0 Å². The SMILES string of the molecule is CC(C)(C)c1ccc(CO[C@H]2CCCNC2)cc1. The quantitative estimate of drug-likeness (QED) is 0.885. The number of ether oxygens (including phenoxy) is 1. The molecule has 0 spiro atoms. The smallest absolute Gasteiger partial charge is 0.0721 e. The van der Waals surface area contributed by atoms with Gasteiger partial charge in [-0.15, -0.1) is 0 Å². The molecule has 0 unspecified atom stereocenters. The van der Waals surface area contributed by atoms with Gasteiger partial charge in [0.1, 0.15) is 0 Å². The summed E-state index contributed by atoms with van der Waals surface area (Å²) in [6, 6.07) is 8.82. The van der Waals surface area contributed by atoms with E-state index in [1.54, 1.807) is 0 Å². The van der Waals surface area contributed by atoms with Crippen LogP contribution in [0.25, 0.3) is 0 Å². The third-order valence-electron chi connectivity index (χ3n) is 3.56. The van der Waals surface area contributed by atoms with E-state index >= 15 is 0 Å². The van der Waals surface area contributed by atoms with Crippen molar-refractivity contribution in [1.29, 1.82) is 0 Å². The van der Waals surface area contributed by atoms with Crippen molar-refractivity contribution in [3.63, 3.8) is 0 Å². The third-order valence-corrected chi connectivity index (χ3v) is 3.56. The first-order valence-corrected chi connectivity index (χ1v) is 6.97. The average molecular weight is 247 g/mol. The van der Waals surface area contributed by atoms with Gasteiger partial charge in [-0.05, 0) is 35.9 Å². The molecule has 0 radical (unpaired) electrons. The minimum Gasteiger partial charge on any atom is -0.372 e. The Balaban J connectivity index is 1.86. The summed E-state index contributed by atoms with van der Waals surface area (Å²) in [5.41, 5.74) is 2.88. The number of nitrogens with one attached hydrogen (secondary N) is 1. The van der Waals surface area contributed by atoms with Crippen LogP contribution in [-0.2, 0) is 16.8 Å². The topological polar surface area (TPSA) is 21.3 Å². The lowest BCUT2D eigenvalue weighted by atomic mass is 9.87. The third kappa shape index (κ3) is 3.82. The lowest BCUT2D eigenvalue weighted by Crippen LogP contribution is -2.35. The Bertz CT molecular complexity index is 358. The molecule has 0 bridgehead atoms. The van der Waals surface area contributed by atoms with Gasteiger partial charge in [0.15, 0.2) is 0 Å². The Kier molecular flexibility index (Phi) is 4.41. The zero-order chi connectivity index (χ0) is 13.0. The Morgan fingerprint density at radius 2 is 1.94 bits per heavy atom. The van der Waals surface area contributed by atoms with Gasteiger partial charge in [0, 0.05) is 6.54 Å². The summed E-state index contributed by atoms with van der Waals surface area (Å²) in [4.78, 5) is 0. The molecule has 1 heterocycles. The van der Waals surface area contributed by atoms with Gasteiger partial charge in [0.05, 0.1) is 12.7 Å². The molecule has 1 atom stereocenters. The predicted molar refractivity (Wildman–Crippen MR) is 75.8 cm³/mol. The van der Waals surface area contributed by atoms with Gasteiger partial charge >= 0.3 is 0 Å². The summed E-state index contributed by atoms with van der Waals surface area (Å²) in [5, 5.41) is 3.38. The van der Waals surface area contributed by atoms with Gasteiger partial charge in [-0.1, -0.05) is 45.0 Å². The molecule has 1 saturated heterocycles. The summed E-state index contributed by atoms with van der Waals surface area (Å²) in [5.74, 6) is 0. The summed E-state index contributed by atoms with van der Waals surface area (Å²) in [6.45, 7) is 9.60. The van der Waals surface area contributed by atoms with E-state index in [-0.39, 0.29) is 5.41 Å². The van der Waals surface area contributed by atoms with Crippen molar-refractivity contribution in [3.8, 4) is 0 Å². The maximum atomic E-state index is 5.93. The zero-order valence-corrected chi connectivity index (χ0v) is 11.8. The molecular weight excluding hydrogens is 222 g/mol. The van der Waals surface area contributed by atoms with Crippen LogP contribution in [0.1, 0.15) is 44.7 Å². The molecule has 2 rings (SSSR count). The number of hydrogen-bond acceptors (Lipinski definition) is 2. The second kappa shape index (κ2) is 5.85. The van der Waals surface area contributed by atoms with E-state index in [0.29, 0.717) is 6.10 Å². The van der Waals surface area contributed by atoms with Crippen LogP contribution in [-0.4, -0.2) is 19.2 Å². The highest BCUT2D eigenvalue weighted by molar-refractivity contribution is 5.27. The van der Waals surface area contributed by atoms with E-state index < -0.39 is 0 Å². The molecule has 0 saturated carbocycles. The second-order valence-corrected chi connectivity index (χ2v) is 6.23. The molecular formula is C16H25NO. The summed E-state index contributed by atoms with van der Waals surface area (Å²) >= 11 is 0. The fraction of sp³-hybridized carbons (Fsp3) is 0.625. The average Bonchev–Trinajstić information content (AvgIpc) is 2.37. The minimum atomic E-state index is 0.229. The van der Waals surface area contributed by atoms with E-state index in [4.69, 9.17) is 4.74 Å². The number of hydrogen-bond donors (Lipinski definition) is 1. The van der Waals surface area contributed by atoms with Crippen LogP contribution >= 0.6 is 0 Å². The molecule has 0 aromatic heterocycles. The van der Waals surface area contributed by atoms with Gasteiger partial charge in [-0.25, -0.2) is 0 Å². The first kappa shape index (κ1) is 13.6. The molecule has 1 aromatic carbocycles. The predicted octanol–water partition coefficient (Wildman–Crippen LogP) is 3.25. The van der Waals surface area contributed by atoms with E-state index in [2.05, 4.69) is 50.4 Å². The normalized spacial score (nSPS) is 20.9. The van der Waals surface area contributed by atoms with Crippen LogP contribution in [0.4, 0.5) is 0 Å². The molecule has 100 valence electrons. The largest absolute Gasteiger partial charge is 0.372 e. The zero-order valence-electron chi connectivity index (χ0n) is 11.8. The Labute approximate surface area is 111 Å². The van der Waals surface area contributed by atoms with Crippen molar-refractivity contribution >= 4 is 0 Å². The van der Waals surface area contributed by atoms with Crippen molar-refractivity contribution in [3.05, 3.63) is 35.4 Å². The molecule has 1 aromatic rings. The van der Waals surface area contributed by atoms with Gasteiger partial charge in [-0.3, -0.25) is 0 Å². The van der Waals surface area contributed by atoms with Crippen molar-refractivity contribution in [2.75, 3.05) is 13.1 Å². The maximum Gasteiger partial charge on any atom is 0.0721 e. The fourth-order valence-electron chi connectivity index (χ4n) is 2.28. The molecule has 0 amide bonds. The molecule has 2 nitrogen and oxygen atoms in total. The van der Waals surface area contributed by atoms with Crippen molar-refractivity contribution in [2.24, 2.45) is 0 Å². The van der Waals surface area contributed by atoms with E-state index in [0.717, 1.165) is 19.7 Å². The molecule has 0 aliphatic carbocycles. The Hall–Kier alpha value is -0.860. The first-order chi connectivity index (χ1) is 8.55. The van der Waals surface area contributed by atoms with Gasteiger partial charge in [0.25, 0.3) is 0 Å². The molecule has 1 fully saturated rings. The maximum absolute atomic E-state index is 5.93. The highest BCUT2D eigenvalue weighted by Gasteiger charge is 2.14. The monoisotopic (exact) mass is 247 g/mol. The Morgan fingerprint density at radius 3 is 2.50 bits per heavy atom. The lowest BCUT2D eigenvalue weighted by Gasteiger charge is -2.23. The minimum absolute atomic E-state index is 0.229. The highest BCUT2D eigenvalue weighted by atomic mass is 16.5. The fourth-order valence-corrected chi connectivity index (χ4v) is 2.28. The van der Waals surface area contributed by atoms with Crippen LogP contribution in [0.15, 0.2) is 24.3 Å². The van der Waals surface area contributed by atoms with Crippen molar-refractivity contribution < 1.29 is 4.74 Å². The molecule has 1 aliphatic heterocycles. The number of rotatable bonds is 3. The van der Waals surface area contributed by atoms with Crippen LogP contribution < -0.4 is 5.32 Å². The molecule has 1 N–H and O–H groups in total. The lowest BCUT2D eigenvalue weighted by molar-refractivity contribution is 0.0253. The molecule has 2 heteroatoms. The van der Waals surface area contributed by atoms with E-state index in [1.807, 2.05) is 0 Å². The Morgan fingerprint density at radius 1 is 1.22 bits per heavy atom. The van der Waals surface area contributed by atoms with Crippen LogP contribution in [0.3, 0.4) is 0 Å². The molecule has 18 heavy (non-hydrogen) atoms. The number of benzene rings is 1. The summed E-state index contributed by atoms with van der Waals surface area (Å²) in [7, 11) is 0. The molecule has 1 aliphatic rings. The van der Waals surface area contributed by atoms with Gasteiger partial charge in [-0.2, -0.15) is 0 Å². The summed E-state index contributed by atoms with van der Waals surface area (Å²) in [6.07, 6.45) is 2.81. The van der Waals surface area contributed by atoms with Crippen LogP contribution in [0, 0.1) is 0 Å². The van der Waals surface area contributed by atoms with Crippen LogP contribution in [0.5, 0.6) is 0 Å². The standard InChI is InChI=1S/C16H25NO/c1-16(2,3)14-8-6-13(7-9-14)12-18-15-5-4-10-17-11-15/h6-9,15,17H,4-5,10-12H2,1-3H3/t15-/m0/s1. The van der Waals surface area contributed by atoms with Crippen molar-refractivity contribution in [1.82, 2.24) is 5.32 Å². The first-order valence-electron chi connectivity index (χ1n) is 6.97. The van der Waals surface area contributed by atoms with Gasteiger partial charge < -0.3 is 10.1 Å². The number of piperidine rings is 1. The van der Waals surface area contributed by atoms with Crippen LogP contribution in [0.2, 0.25) is 0 Å². The van der Waals surface area contributed by atoms with Crippen molar-refractivity contribution in [2.45, 2.75) is 51.7 Å². The summed E-state index contributed by atoms with van der Waals surface area (Å²) < 4.78 is 5.93.